The first-order valence-corrected chi connectivity index (χ1v) is 10.6. The van der Waals surface area contributed by atoms with E-state index in [0.29, 0.717) is 12.0 Å². The summed E-state index contributed by atoms with van der Waals surface area (Å²) >= 11 is 1.63. The number of ether oxygens (including phenoxy) is 1. The zero-order chi connectivity index (χ0) is 20.4. The van der Waals surface area contributed by atoms with Crippen molar-refractivity contribution in [2.24, 2.45) is 5.41 Å². The molecule has 1 saturated carbocycles. The molecule has 3 aromatic rings. The molecule has 2 aromatic carbocycles. The van der Waals surface area contributed by atoms with E-state index in [0.717, 1.165) is 40.9 Å². The molecule has 0 spiro atoms. The maximum absolute atomic E-state index is 13.2. The Hall–Kier alpha value is -2.80. The van der Waals surface area contributed by atoms with Gasteiger partial charge in [-0.2, -0.15) is 0 Å². The SMILES string of the molecule is CC(OC(=O)C1(Cc2nc3ccccc3s2)CCCC1)c1cccc([N+](=O)[O-])c1. The summed E-state index contributed by atoms with van der Waals surface area (Å²) in [7, 11) is 0. The number of benzene rings is 2. The molecule has 1 aromatic heterocycles. The number of nitrogens with zero attached hydrogens (tertiary/aromatic N) is 2. The third-order valence-electron chi connectivity index (χ3n) is 5.66. The Morgan fingerprint density at radius 3 is 2.72 bits per heavy atom. The van der Waals surface area contributed by atoms with Crippen molar-refractivity contribution in [2.75, 3.05) is 0 Å². The number of hydrogen-bond donors (Lipinski definition) is 0. The van der Waals surface area contributed by atoms with Gasteiger partial charge in [-0.1, -0.05) is 37.1 Å². The number of aromatic nitrogens is 1. The van der Waals surface area contributed by atoms with E-state index in [2.05, 4.69) is 0 Å². The van der Waals surface area contributed by atoms with Gasteiger partial charge in [-0.15, -0.1) is 11.3 Å². The van der Waals surface area contributed by atoms with Crippen molar-refractivity contribution in [3.8, 4) is 0 Å². The van der Waals surface area contributed by atoms with Gasteiger partial charge >= 0.3 is 5.97 Å². The van der Waals surface area contributed by atoms with Crippen LogP contribution in [0.3, 0.4) is 0 Å². The molecule has 0 amide bonds. The van der Waals surface area contributed by atoms with Crippen molar-refractivity contribution in [3.05, 3.63) is 69.2 Å². The van der Waals surface area contributed by atoms with E-state index in [-0.39, 0.29) is 11.7 Å². The van der Waals surface area contributed by atoms with E-state index in [1.54, 1.807) is 30.4 Å². The number of thiazole rings is 1. The molecular formula is C22H22N2O4S. The van der Waals surface area contributed by atoms with Crippen LogP contribution >= 0.6 is 11.3 Å². The van der Waals surface area contributed by atoms with Gasteiger partial charge < -0.3 is 4.74 Å². The molecule has 6 nitrogen and oxygen atoms in total. The minimum atomic E-state index is -0.567. The van der Waals surface area contributed by atoms with Crippen LogP contribution in [0.25, 0.3) is 10.2 Å². The second-order valence-electron chi connectivity index (χ2n) is 7.64. The fourth-order valence-corrected chi connectivity index (χ4v) is 5.15. The Labute approximate surface area is 172 Å². The number of rotatable bonds is 6. The number of fused-ring (bicyclic) bond motifs is 1. The molecule has 1 fully saturated rings. The third kappa shape index (κ3) is 4.00. The number of non-ortho nitro benzene ring substituents is 1. The smallest absolute Gasteiger partial charge is 0.313 e. The first-order chi connectivity index (χ1) is 14.0. The lowest BCUT2D eigenvalue weighted by Crippen LogP contribution is -2.33. The molecule has 7 heteroatoms. The van der Waals surface area contributed by atoms with Crippen molar-refractivity contribution in [2.45, 2.75) is 45.1 Å². The van der Waals surface area contributed by atoms with E-state index in [4.69, 9.17) is 9.72 Å². The maximum atomic E-state index is 13.2. The molecule has 4 rings (SSSR count). The largest absolute Gasteiger partial charge is 0.457 e. The maximum Gasteiger partial charge on any atom is 0.313 e. The number of hydrogen-bond acceptors (Lipinski definition) is 6. The molecule has 1 heterocycles. The first kappa shape index (κ1) is 19.5. The van der Waals surface area contributed by atoms with Gasteiger partial charge in [-0.25, -0.2) is 4.98 Å². The fourth-order valence-electron chi connectivity index (χ4n) is 4.03. The highest BCUT2D eigenvalue weighted by Crippen LogP contribution is 2.44. The summed E-state index contributed by atoms with van der Waals surface area (Å²) < 4.78 is 6.94. The second-order valence-corrected chi connectivity index (χ2v) is 8.75. The molecular weight excluding hydrogens is 388 g/mol. The lowest BCUT2D eigenvalue weighted by molar-refractivity contribution is -0.385. The summed E-state index contributed by atoms with van der Waals surface area (Å²) in [4.78, 5) is 28.5. The van der Waals surface area contributed by atoms with E-state index in [1.165, 1.54) is 12.1 Å². The zero-order valence-corrected chi connectivity index (χ0v) is 17.0. The number of nitro benzene ring substituents is 1. The molecule has 0 aliphatic heterocycles. The summed E-state index contributed by atoms with van der Waals surface area (Å²) in [6.45, 7) is 1.76. The summed E-state index contributed by atoms with van der Waals surface area (Å²) in [5.74, 6) is -0.228. The van der Waals surface area contributed by atoms with Gasteiger partial charge in [0.2, 0.25) is 0 Å². The Morgan fingerprint density at radius 1 is 1.24 bits per heavy atom. The van der Waals surface area contributed by atoms with Gasteiger partial charge in [0, 0.05) is 18.6 Å². The van der Waals surface area contributed by atoms with Crippen LogP contribution < -0.4 is 0 Å². The Morgan fingerprint density at radius 2 is 2.00 bits per heavy atom. The first-order valence-electron chi connectivity index (χ1n) is 9.77. The average Bonchev–Trinajstić information content (AvgIpc) is 3.35. The van der Waals surface area contributed by atoms with Gasteiger partial charge in [0.25, 0.3) is 5.69 Å². The lowest BCUT2D eigenvalue weighted by atomic mass is 9.83. The summed E-state index contributed by atoms with van der Waals surface area (Å²) in [6, 6.07) is 14.2. The Kier molecular flexibility index (Phi) is 5.32. The van der Waals surface area contributed by atoms with Crippen LogP contribution in [0.15, 0.2) is 48.5 Å². The fraction of sp³-hybridized carbons (Fsp3) is 0.364. The van der Waals surface area contributed by atoms with E-state index < -0.39 is 16.4 Å². The highest BCUT2D eigenvalue weighted by molar-refractivity contribution is 7.18. The number of esters is 1. The molecule has 0 radical (unpaired) electrons. The predicted molar refractivity (Wildman–Crippen MR) is 112 cm³/mol. The molecule has 1 aliphatic carbocycles. The molecule has 1 atom stereocenters. The molecule has 1 aliphatic rings. The van der Waals surface area contributed by atoms with Crippen molar-refractivity contribution in [1.82, 2.24) is 4.98 Å². The van der Waals surface area contributed by atoms with Crippen LogP contribution in [-0.2, 0) is 16.0 Å². The number of para-hydroxylation sites is 1. The van der Waals surface area contributed by atoms with E-state index >= 15 is 0 Å². The predicted octanol–water partition coefficient (Wildman–Crippen LogP) is 5.61. The van der Waals surface area contributed by atoms with Crippen LogP contribution in [0.5, 0.6) is 0 Å². The molecule has 0 saturated heterocycles. The van der Waals surface area contributed by atoms with E-state index in [9.17, 15) is 14.9 Å². The van der Waals surface area contributed by atoms with Crippen LogP contribution in [0.4, 0.5) is 5.69 Å². The summed E-state index contributed by atoms with van der Waals surface area (Å²) in [5, 5.41) is 12.0. The zero-order valence-electron chi connectivity index (χ0n) is 16.2. The van der Waals surface area contributed by atoms with Crippen molar-refractivity contribution >= 4 is 33.2 Å². The van der Waals surface area contributed by atoms with Gasteiger partial charge in [0.15, 0.2) is 0 Å². The van der Waals surface area contributed by atoms with Crippen LogP contribution in [0.2, 0.25) is 0 Å². The molecule has 1 unspecified atom stereocenters. The molecule has 0 N–H and O–H groups in total. The lowest BCUT2D eigenvalue weighted by Gasteiger charge is -2.27. The third-order valence-corrected chi connectivity index (χ3v) is 6.69. The standard InChI is InChI=1S/C22H22N2O4S/c1-15(16-7-6-8-17(13-16)24(26)27)28-21(25)22(11-4-5-12-22)14-20-23-18-9-2-3-10-19(18)29-20/h2-3,6-10,13,15H,4-5,11-12,14H2,1H3. The van der Waals surface area contributed by atoms with Crippen LogP contribution in [-0.4, -0.2) is 15.9 Å². The average molecular weight is 410 g/mol. The summed E-state index contributed by atoms with van der Waals surface area (Å²) in [6.07, 6.45) is 3.57. The quantitative estimate of drug-likeness (QED) is 0.300. The summed E-state index contributed by atoms with van der Waals surface area (Å²) in [5.41, 5.74) is 1.01. The number of carbonyl (C=O) groups excluding carboxylic acids is 1. The Bertz CT molecular complexity index is 1020. The molecule has 0 bridgehead atoms. The highest BCUT2D eigenvalue weighted by atomic mass is 32.1. The second kappa shape index (κ2) is 7.91. The van der Waals surface area contributed by atoms with Crippen molar-refractivity contribution < 1.29 is 14.5 Å². The minimum absolute atomic E-state index is 0.00421. The topological polar surface area (TPSA) is 82.3 Å². The molecule has 150 valence electrons. The van der Waals surface area contributed by atoms with Gasteiger partial charge in [-0.05, 0) is 37.5 Å². The van der Waals surface area contributed by atoms with Gasteiger partial charge in [-0.3, -0.25) is 14.9 Å². The minimum Gasteiger partial charge on any atom is -0.457 e. The Balaban J connectivity index is 1.54. The highest BCUT2D eigenvalue weighted by Gasteiger charge is 2.44. The van der Waals surface area contributed by atoms with Crippen LogP contribution in [0, 0.1) is 15.5 Å². The van der Waals surface area contributed by atoms with Gasteiger partial charge in [0.05, 0.1) is 25.6 Å². The molecule has 29 heavy (non-hydrogen) atoms. The number of carbonyl (C=O) groups is 1. The van der Waals surface area contributed by atoms with Crippen molar-refractivity contribution in [1.29, 1.82) is 0 Å². The van der Waals surface area contributed by atoms with E-state index in [1.807, 2.05) is 24.3 Å². The van der Waals surface area contributed by atoms with Gasteiger partial charge in [0.1, 0.15) is 6.10 Å². The van der Waals surface area contributed by atoms with Crippen molar-refractivity contribution in [3.63, 3.8) is 0 Å². The number of nitro groups is 1. The normalized spacial score (nSPS) is 16.6. The monoisotopic (exact) mass is 410 g/mol. The van der Waals surface area contributed by atoms with Crippen LogP contribution in [0.1, 0.15) is 49.3 Å².